The van der Waals surface area contributed by atoms with Crippen LogP contribution in [-0.2, 0) is 4.79 Å². The van der Waals surface area contributed by atoms with Gasteiger partial charge in [0.15, 0.2) is 0 Å². The quantitative estimate of drug-likeness (QED) is 0.593. The Kier molecular flexibility index (Phi) is 3.27. The Labute approximate surface area is 70.5 Å². The first-order valence-corrected chi connectivity index (χ1v) is 5.54. The molecule has 1 aliphatic heterocycles. The maximum atomic E-state index is 11.0. The van der Waals surface area contributed by atoms with E-state index < -0.39 is 0 Å². The number of likely N-dealkylation sites (tertiary alicyclic amines) is 1. The standard InChI is InChI=1S/C7H14AsNO/c8-4-2-6-9-5-1-3-7(9)10/h1-6,8H2. The molecule has 0 aromatic rings. The molecule has 10 heavy (non-hydrogen) atoms. The Bertz CT molecular complexity index is 127. The van der Waals surface area contributed by atoms with Gasteiger partial charge in [-0.1, -0.05) is 0 Å². The fourth-order valence-corrected chi connectivity index (χ4v) is 1.61. The van der Waals surface area contributed by atoms with Crippen molar-refractivity contribution in [2.24, 2.45) is 0 Å². The second-order valence-electron chi connectivity index (χ2n) is 2.63. The van der Waals surface area contributed by atoms with E-state index in [0.717, 1.165) is 25.9 Å². The van der Waals surface area contributed by atoms with E-state index in [1.54, 1.807) is 16.9 Å². The van der Waals surface area contributed by atoms with E-state index in [1.807, 2.05) is 4.90 Å². The van der Waals surface area contributed by atoms with E-state index in [1.165, 1.54) is 11.6 Å². The van der Waals surface area contributed by atoms with Crippen molar-refractivity contribution < 1.29 is 4.79 Å². The van der Waals surface area contributed by atoms with Crippen molar-refractivity contribution in [3.8, 4) is 0 Å². The Hall–Kier alpha value is 0.0284. The van der Waals surface area contributed by atoms with Gasteiger partial charge in [-0.25, -0.2) is 0 Å². The van der Waals surface area contributed by atoms with Gasteiger partial charge in [0, 0.05) is 0 Å². The summed E-state index contributed by atoms with van der Waals surface area (Å²) < 4.78 is 0. The summed E-state index contributed by atoms with van der Waals surface area (Å²) in [6.07, 6.45) is 3.05. The summed E-state index contributed by atoms with van der Waals surface area (Å²) >= 11 is 1.76. The number of carbonyl (C=O) groups excluding carboxylic acids is 1. The molecule has 0 bridgehead atoms. The van der Waals surface area contributed by atoms with Crippen molar-refractivity contribution in [2.45, 2.75) is 24.5 Å². The number of nitrogens with zero attached hydrogens (tertiary/aromatic N) is 1. The third kappa shape index (κ3) is 2.02. The van der Waals surface area contributed by atoms with Gasteiger partial charge in [-0.15, -0.1) is 0 Å². The molecule has 0 aromatic carbocycles. The van der Waals surface area contributed by atoms with E-state index in [-0.39, 0.29) is 0 Å². The van der Waals surface area contributed by atoms with E-state index in [9.17, 15) is 4.79 Å². The zero-order valence-electron chi connectivity index (χ0n) is 6.18. The summed E-state index contributed by atoms with van der Waals surface area (Å²) in [6.45, 7) is 2.00. The molecule has 3 heteroatoms. The first-order valence-electron chi connectivity index (χ1n) is 3.82. The molecule has 0 aromatic heterocycles. The summed E-state index contributed by atoms with van der Waals surface area (Å²) in [5.74, 6) is 0.362. The first-order chi connectivity index (χ1) is 4.84. The molecule has 1 amide bonds. The number of carbonyl (C=O) groups is 1. The second kappa shape index (κ2) is 4.02. The zero-order valence-corrected chi connectivity index (χ0v) is 8.60. The summed E-state index contributed by atoms with van der Waals surface area (Å²) in [5, 5.41) is 1.25. The normalized spacial score (nSPS) is 18.5. The zero-order chi connectivity index (χ0) is 7.40. The molecule has 1 aliphatic rings. The van der Waals surface area contributed by atoms with Crippen molar-refractivity contribution in [3.63, 3.8) is 0 Å². The number of hydrogen-bond donors (Lipinski definition) is 0. The van der Waals surface area contributed by atoms with Gasteiger partial charge >= 0.3 is 70.0 Å². The Balaban J connectivity index is 2.20. The van der Waals surface area contributed by atoms with Gasteiger partial charge in [0.05, 0.1) is 0 Å². The molecular weight excluding hydrogens is 189 g/mol. The summed E-state index contributed by atoms with van der Waals surface area (Å²) in [4.78, 5) is 13.0. The monoisotopic (exact) mass is 203 g/mol. The van der Waals surface area contributed by atoms with Crippen LogP contribution in [0.3, 0.4) is 0 Å². The predicted octanol–water partition coefficient (Wildman–Crippen LogP) is 0.0503. The van der Waals surface area contributed by atoms with Crippen molar-refractivity contribution in [1.29, 1.82) is 0 Å². The first kappa shape index (κ1) is 8.13. The summed E-state index contributed by atoms with van der Waals surface area (Å²) in [5.41, 5.74) is 0. The van der Waals surface area contributed by atoms with Gasteiger partial charge < -0.3 is 0 Å². The molecule has 1 unspecified atom stereocenters. The predicted molar refractivity (Wildman–Crippen MR) is 43.8 cm³/mol. The minimum atomic E-state index is 0.362. The fraction of sp³-hybridized carbons (Fsp3) is 0.857. The van der Waals surface area contributed by atoms with Crippen LogP contribution in [0.5, 0.6) is 0 Å². The molecule has 0 radical (unpaired) electrons. The SMILES string of the molecule is O=C1CCCN1CCC[AsH2]. The van der Waals surface area contributed by atoms with Crippen LogP contribution >= 0.6 is 0 Å². The number of hydrogen-bond acceptors (Lipinski definition) is 1. The Morgan fingerprint density at radius 2 is 2.40 bits per heavy atom. The van der Waals surface area contributed by atoms with Crippen LogP contribution in [0, 0.1) is 0 Å². The average Bonchev–Trinajstić information content (AvgIpc) is 2.31. The molecule has 1 fully saturated rings. The Morgan fingerprint density at radius 1 is 1.60 bits per heavy atom. The van der Waals surface area contributed by atoms with Crippen LogP contribution in [0.25, 0.3) is 0 Å². The number of rotatable bonds is 3. The molecule has 2 nitrogen and oxygen atoms in total. The van der Waals surface area contributed by atoms with Crippen LogP contribution in [0.4, 0.5) is 0 Å². The van der Waals surface area contributed by atoms with Gasteiger partial charge in [0.2, 0.25) is 0 Å². The van der Waals surface area contributed by atoms with Gasteiger partial charge in [-0.05, 0) is 0 Å². The van der Waals surface area contributed by atoms with Crippen LogP contribution in [-0.4, -0.2) is 40.7 Å². The maximum absolute atomic E-state index is 11.0. The van der Waals surface area contributed by atoms with Gasteiger partial charge in [-0.3, -0.25) is 0 Å². The molecular formula is C7H14AsNO. The van der Waals surface area contributed by atoms with Crippen molar-refractivity contribution in [2.75, 3.05) is 13.1 Å². The van der Waals surface area contributed by atoms with Crippen molar-refractivity contribution >= 4 is 22.8 Å². The van der Waals surface area contributed by atoms with Gasteiger partial charge in [0.1, 0.15) is 0 Å². The van der Waals surface area contributed by atoms with Crippen LogP contribution in [0.1, 0.15) is 19.3 Å². The minimum absolute atomic E-state index is 0.362. The van der Waals surface area contributed by atoms with Crippen LogP contribution in [0.15, 0.2) is 0 Å². The fourth-order valence-electron chi connectivity index (χ4n) is 1.22. The molecule has 0 spiro atoms. The molecule has 0 aliphatic carbocycles. The van der Waals surface area contributed by atoms with Crippen LogP contribution < -0.4 is 0 Å². The Morgan fingerprint density at radius 3 is 2.90 bits per heavy atom. The van der Waals surface area contributed by atoms with Crippen molar-refractivity contribution in [3.05, 3.63) is 0 Å². The molecule has 0 N–H and O–H groups in total. The third-order valence-electron chi connectivity index (χ3n) is 1.80. The molecule has 1 rings (SSSR count). The number of amides is 1. The van der Waals surface area contributed by atoms with E-state index in [2.05, 4.69) is 0 Å². The van der Waals surface area contributed by atoms with Crippen molar-refractivity contribution in [1.82, 2.24) is 4.90 Å². The molecule has 1 saturated heterocycles. The topological polar surface area (TPSA) is 20.3 Å². The van der Waals surface area contributed by atoms with E-state index in [4.69, 9.17) is 0 Å². The molecule has 58 valence electrons. The molecule has 1 heterocycles. The summed E-state index contributed by atoms with van der Waals surface area (Å²) in [6, 6.07) is 0. The summed E-state index contributed by atoms with van der Waals surface area (Å²) in [7, 11) is 0. The van der Waals surface area contributed by atoms with Gasteiger partial charge in [-0.2, -0.15) is 0 Å². The second-order valence-corrected chi connectivity index (χ2v) is 3.84. The molecule has 0 saturated carbocycles. The van der Waals surface area contributed by atoms with Gasteiger partial charge in [0.25, 0.3) is 0 Å². The third-order valence-corrected chi connectivity index (χ3v) is 2.66. The van der Waals surface area contributed by atoms with E-state index in [0.29, 0.717) is 5.91 Å². The molecule has 1 atom stereocenters. The van der Waals surface area contributed by atoms with Crippen LogP contribution in [0.2, 0.25) is 5.21 Å². The van der Waals surface area contributed by atoms with E-state index >= 15 is 0 Å². The average molecular weight is 203 g/mol.